The summed E-state index contributed by atoms with van der Waals surface area (Å²) in [6, 6.07) is 7.01. The summed E-state index contributed by atoms with van der Waals surface area (Å²) < 4.78 is 10.8. The fraction of sp³-hybridized carbons (Fsp3) is 0.667. The summed E-state index contributed by atoms with van der Waals surface area (Å²) >= 11 is 0. The molecule has 1 aliphatic carbocycles. The van der Waals surface area contributed by atoms with E-state index in [0.29, 0.717) is 12.1 Å². The summed E-state index contributed by atoms with van der Waals surface area (Å²) in [4.78, 5) is 0. The summed E-state index contributed by atoms with van der Waals surface area (Å²) in [5, 5.41) is 3.79. The zero-order chi connectivity index (χ0) is 15.1. The number of nitrogens with one attached hydrogen (secondary N) is 1. The van der Waals surface area contributed by atoms with Crippen LogP contribution >= 0.6 is 0 Å². The molecule has 0 saturated heterocycles. The number of hydrogen-bond acceptors (Lipinski definition) is 3. The van der Waals surface area contributed by atoms with Crippen molar-refractivity contribution < 1.29 is 9.47 Å². The maximum Gasteiger partial charge on any atom is 0.127 e. The molecule has 0 radical (unpaired) electrons. The molecule has 0 aromatic heterocycles. The maximum atomic E-state index is 5.52. The Morgan fingerprint density at radius 1 is 1.00 bits per heavy atom. The van der Waals surface area contributed by atoms with E-state index in [1.807, 2.05) is 12.1 Å². The van der Waals surface area contributed by atoms with Crippen LogP contribution in [0.25, 0.3) is 0 Å². The molecule has 1 saturated carbocycles. The van der Waals surface area contributed by atoms with Gasteiger partial charge in [0, 0.05) is 23.7 Å². The Bertz CT molecular complexity index is 425. The van der Waals surface area contributed by atoms with Gasteiger partial charge in [0.2, 0.25) is 0 Å². The molecule has 0 spiro atoms. The van der Waals surface area contributed by atoms with Crippen molar-refractivity contribution in [3.05, 3.63) is 23.8 Å². The number of rotatable bonds is 5. The van der Waals surface area contributed by atoms with E-state index >= 15 is 0 Å². The molecule has 0 bridgehead atoms. The quantitative estimate of drug-likeness (QED) is 0.868. The van der Waals surface area contributed by atoms with E-state index in [1.54, 1.807) is 14.2 Å². The first-order valence-corrected chi connectivity index (χ1v) is 8.22. The second-order valence-electron chi connectivity index (χ2n) is 6.04. The van der Waals surface area contributed by atoms with Gasteiger partial charge < -0.3 is 14.8 Å². The highest BCUT2D eigenvalue weighted by Crippen LogP contribution is 2.30. The Morgan fingerprint density at radius 2 is 1.67 bits per heavy atom. The smallest absolute Gasteiger partial charge is 0.127 e. The maximum absolute atomic E-state index is 5.52. The van der Waals surface area contributed by atoms with Crippen LogP contribution in [0.1, 0.15) is 63.5 Å². The molecule has 1 aromatic rings. The van der Waals surface area contributed by atoms with Gasteiger partial charge >= 0.3 is 0 Å². The Morgan fingerprint density at radius 3 is 2.29 bits per heavy atom. The Kier molecular flexibility index (Phi) is 6.37. The predicted octanol–water partition coefficient (Wildman–Crippen LogP) is 4.47. The molecule has 3 heteroatoms. The topological polar surface area (TPSA) is 30.5 Å². The van der Waals surface area contributed by atoms with E-state index in [9.17, 15) is 0 Å². The second-order valence-corrected chi connectivity index (χ2v) is 6.04. The zero-order valence-electron chi connectivity index (χ0n) is 13.7. The molecule has 21 heavy (non-hydrogen) atoms. The molecule has 1 atom stereocenters. The molecule has 0 aliphatic heterocycles. The van der Waals surface area contributed by atoms with E-state index < -0.39 is 0 Å². The van der Waals surface area contributed by atoms with Crippen LogP contribution in [-0.4, -0.2) is 20.3 Å². The zero-order valence-corrected chi connectivity index (χ0v) is 13.7. The van der Waals surface area contributed by atoms with Crippen LogP contribution in [0.3, 0.4) is 0 Å². The minimum Gasteiger partial charge on any atom is -0.497 e. The van der Waals surface area contributed by atoms with Gasteiger partial charge in [0.1, 0.15) is 11.5 Å². The van der Waals surface area contributed by atoms with Crippen molar-refractivity contribution in [2.75, 3.05) is 14.2 Å². The van der Waals surface area contributed by atoms with Crippen molar-refractivity contribution in [2.45, 2.75) is 64.0 Å². The van der Waals surface area contributed by atoms with E-state index in [4.69, 9.17) is 9.47 Å². The van der Waals surface area contributed by atoms with Crippen molar-refractivity contribution in [1.82, 2.24) is 5.32 Å². The lowest BCUT2D eigenvalue weighted by molar-refractivity contribution is 0.350. The van der Waals surface area contributed by atoms with Crippen LogP contribution in [-0.2, 0) is 0 Å². The molecular weight excluding hydrogens is 262 g/mol. The van der Waals surface area contributed by atoms with Crippen LogP contribution in [0, 0.1) is 0 Å². The third kappa shape index (κ3) is 4.63. The molecule has 1 fully saturated rings. The largest absolute Gasteiger partial charge is 0.497 e. The lowest BCUT2D eigenvalue weighted by atomic mass is 9.95. The van der Waals surface area contributed by atoms with Gasteiger partial charge in [-0.2, -0.15) is 0 Å². The van der Waals surface area contributed by atoms with Gasteiger partial charge in [-0.1, -0.05) is 38.2 Å². The lowest BCUT2D eigenvalue weighted by Gasteiger charge is -2.26. The molecule has 0 amide bonds. The van der Waals surface area contributed by atoms with Gasteiger partial charge in [-0.15, -0.1) is 0 Å². The minimum absolute atomic E-state index is 0.301. The Labute approximate surface area is 129 Å². The molecule has 1 aromatic carbocycles. The van der Waals surface area contributed by atoms with Crippen LogP contribution < -0.4 is 14.8 Å². The van der Waals surface area contributed by atoms with Crippen molar-refractivity contribution in [3.63, 3.8) is 0 Å². The monoisotopic (exact) mass is 291 g/mol. The molecule has 1 aliphatic rings. The normalized spacial score (nSPS) is 18.6. The summed E-state index contributed by atoms with van der Waals surface area (Å²) in [7, 11) is 3.41. The van der Waals surface area contributed by atoms with Gasteiger partial charge in [-0.3, -0.25) is 0 Å². The van der Waals surface area contributed by atoms with Crippen LogP contribution in [0.2, 0.25) is 0 Å². The van der Waals surface area contributed by atoms with E-state index in [2.05, 4.69) is 18.3 Å². The highest BCUT2D eigenvalue weighted by Gasteiger charge is 2.17. The average Bonchev–Trinajstić information content (AvgIpc) is 2.49. The van der Waals surface area contributed by atoms with Gasteiger partial charge in [0.15, 0.2) is 0 Å². The molecule has 1 unspecified atom stereocenters. The van der Waals surface area contributed by atoms with Crippen LogP contribution in [0.15, 0.2) is 18.2 Å². The fourth-order valence-electron chi connectivity index (χ4n) is 3.24. The van der Waals surface area contributed by atoms with Crippen molar-refractivity contribution in [2.24, 2.45) is 0 Å². The van der Waals surface area contributed by atoms with Crippen molar-refractivity contribution in [1.29, 1.82) is 0 Å². The van der Waals surface area contributed by atoms with Gasteiger partial charge in [0.25, 0.3) is 0 Å². The standard InChI is InChI=1S/C18H29NO2/c1-14(19-15-9-7-5-4-6-8-10-15)17-12-11-16(20-2)13-18(17)21-3/h11-15,19H,4-10H2,1-3H3. The summed E-state index contributed by atoms with van der Waals surface area (Å²) in [6.07, 6.45) is 9.48. The van der Waals surface area contributed by atoms with Gasteiger partial charge in [-0.25, -0.2) is 0 Å². The second kappa shape index (κ2) is 8.28. The van der Waals surface area contributed by atoms with Crippen molar-refractivity contribution in [3.8, 4) is 11.5 Å². The molecule has 3 nitrogen and oxygen atoms in total. The molecule has 2 rings (SSSR count). The number of benzene rings is 1. The van der Waals surface area contributed by atoms with E-state index in [1.165, 1.54) is 50.5 Å². The predicted molar refractivity (Wildman–Crippen MR) is 87.2 cm³/mol. The van der Waals surface area contributed by atoms with E-state index in [0.717, 1.165) is 11.5 Å². The number of ether oxygens (including phenoxy) is 2. The molecular formula is C18H29NO2. The first kappa shape index (κ1) is 16.2. The van der Waals surface area contributed by atoms with E-state index in [-0.39, 0.29) is 0 Å². The highest BCUT2D eigenvalue weighted by atomic mass is 16.5. The summed E-state index contributed by atoms with van der Waals surface area (Å²) in [6.45, 7) is 2.23. The third-order valence-electron chi connectivity index (χ3n) is 4.50. The van der Waals surface area contributed by atoms with Gasteiger partial charge in [0.05, 0.1) is 14.2 Å². The van der Waals surface area contributed by atoms with Gasteiger partial charge in [-0.05, 0) is 25.8 Å². The lowest BCUT2D eigenvalue weighted by Crippen LogP contribution is -2.32. The third-order valence-corrected chi connectivity index (χ3v) is 4.50. The minimum atomic E-state index is 0.301. The number of hydrogen-bond donors (Lipinski definition) is 1. The van der Waals surface area contributed by atoms with Crippen LogP contribution in [0.4, 0.5) is 0 Å². The SMILES string of the molecule is COc1ccc(C(C)NC2CCCCCCC2)c(OC)c1. The van der Waals surface area contributed by atoms with Crippen molar-refractivity contribution >= 4 is 0 Å². The Balaban J connectivity index is 2.02. The fourth-order valence-corrected chi connectivity index (χ4v) is 3.24. The van der Waals surface area contributed by atoms with Crippen LogP contribution in [0.5, 0.6) is 11.5 Å². The number of methoxy groups -OCH3 is 2. The highest BCUT2D eigenvalue weighted by molar-refractivity contribution is 5.42. The summed E-state index contributed by atoms with van der Waals surface area (Å²) in [5.41, 5.74) is 1.21. The average molecular weight is 291 g/mol. The first-order valence-electron chi connectivity index (χ1n) is 8.22. The summed E-state index contributed by atoms with van der Waals surface area (Å²) in [5.74, 6) is 1.74. The molecule has 118 valence electrons. The Hall–Kier alpha value is -1.22. The molecule has 1 N–H and O–H groups in total. The first-order chi connectivity index (χ1) is 10.2. The molecule has 0 heterocycles.